The molecule has 0 saturated heterocycles. The van der Waals surface area contributed by atoms with E-state index in [4.69, 9.17) is 14.2 Å². The van der Waals surface area contributed by atoms with Crippen LogP contribution in [0.2, 0.25) is 0 Å². The second-order valence-corrected chi connectivity index (χ2v) is 18.9. The number of hydrogen-bond donors (Lipinski definition) is 0. The predicted octanol–water partition coefficient (Wildman–Crippen LogP) is 18.7. The van der Waals surface area contributed by atoms with Crippen molar-refractivity contribution in [2.75, 3.05) is 13.2 Å². The summed E-state index contributed by atoms with van der Waals surface area (Å²) in [5.74, 6) is -0.909. The molecule has 0 bridgehead atoms. The minimum atomic E-state index is -0.787. The Labute approximate surface area is 403 Å². The summed E-state index contributed by atoms with van der Waals surface area (Å²) < 4.78 is 16.8. The van der Waals surface area contributed by atoms with E-state index in [1.165, 1.54) is 167 Å². The molecule has 0 spiro atoms. The minimum Gasteiger partial charge on any atom is -0.462 e. The number of carbonyl (C=O) groups excluding carboxylic acids is 3. The van der Waals surface area contributed by atoms with E-state index in [0.717, 1.165) is 83.5 Å². The maximum atomic E-state index is 12.8. The van der Waals surface area contributed by atoms with E-state index in [1.54, 1.807) is 0 Å². The summed E-state index contributed by atoms with van der Waals surface area (Å²) in [5.41, 5.74) is 0. The normalized spacial score (nSPS) is 12.4. The first-order valence-corrected chi connectivity index (χ1v) is 28.2. The van der Waals surface area contributed by atoms with E-state index in [2.05, 4.69) is 69.4 Å². The topological polar surface area (TPSA) is 78.9 Å². The molecule has 0 aliphatic heterocycles. The summed E-state index contributed by atoms with van der Waals surface area (Å²) in [5, 5.41) is 0. The van der Waals surface area contributed by atoms with Crippen molar-refractivity contribution in [1.29, 1.82) is 0 Å². The largest absolute Gasteiger partial charge is 0.462 e. The van der Waals surface area contributed by atoms with Gasteiger partial charge in [-0.1, -0.05) is 223 Å². The van der Waals surface area contributed by atoms with E-state index in [1.807, 2.05) is 0 Å². The van der Waals surface area contributed by atoms with Gasteiger partial charge >= 0.3 is 17.9 Å². The zero-order chi connectivity index (χ0) is 47.2. The van der Waals surface area contributed by atoms with Gasteiger partial charge in [-0.25, -0.2) is 0 Å². The van der Waals surface area contributed by atoms with Gasteiger partial charge in [0.2, 0.25) is 0 Å². The number of allylic oxidation sites excluding steroid dienone is 8. The molecule has 0 fully saturated rings. The minimum absolute atomic E-state index is 0.0843. The highest BCUT2D eigenvalue weighted by molar-refractivity contribution is 5.71. The molecule has 0 aliphatic carbocycles. The van der Waals surface area contributed by atoms with Gasteiger partial charge in [-0.05, 0) is 96.3 Å². The van der Waals surface area contributed by atoms with Crippen LogP contribution in [0.4, 0.5) is 0 Å². The van der Waals surface area contributed by atoms with Gasteiger partial charge in [0.15, 0.2) is 6.10 Å². The third kappa shape index (κ3) is 52.2. The Bertz CT molecular complexity index is 1140. The Hall–Kier alpha value is -2.63. The van der Waals surface area contributed by atoms with Crippen LogP contribution in [-0.4, -0.2) is 37.2 Å². The first kappa shape index (κ1) is 62.4. The SMILES string of the molecule is CCCCC/C=C\C=C/CCCCCCCCCCCCC(=O)OCC(COC(=O)CCCCC/C=C\CCCCCCCCC)OC(=O)CCCCC/C=C\CCCCCCCCC. The Morgan fingerprint density at radius 3 is 0.908 bits per heavy atom. The molecule has 65 heavy (non-hydrogen) atoms. The molecular formula is C59H106O6. The molecule has 0 aromatic heterocycles. The van der Waals surface area contributed by atoms with Crippen LogP contribution in [0.15, 0.2) is 48.6 Å². The summed E-state index contributed by atoms with van der Waals surface area (Å²) in [7, 11) is 0. The van der Waals surface area contributed by atoms with Crippen molar-refractivity contribution in [3.8, 4) is 0 Å². The van der Waals surface area contributed by atoms with Gasteiger partial charge in [0.1, 0.15) is 13.2 Å². The maximum absolute atomic E-state index is 12.8. The van der Waals surface area contributed by atoms with Crippen molar-refractivity contribution in [2.24, 2.45) is 0 Å². The standard InChI is InChI=1S/C59H106O6/c1-4-7-10-13-16-19-22-25-28-29-30-31-32-35-37-40-43-46-49-52-58(61)64-55-56(65-59(62)53-50-47-44-41-38-34-27-24-21-18-15-12-9-6-3)54-63-57(60)51-48-45-42-39-36-33-26-23-20-17-14-11-8-5-2/h16,19,22,25,33-34,36,38,56H,4-15,17-18,20-21,23-24,26-32,35,37,39-55H2,1-3H3/b19-16-,25-22-,36-33-,38-34-. The number of carbonyl (C=O) groups is 3. The lowest BCUT2D eigenvalue weighted by Gasteiger charge is -2.18. The highest BCUT2D eigenvalue weighted by Crippen LogP contribution is 2.15. The molecule has 0 amide bonds. The van der Waals surface area contributed by atoms with Crippen molar-refractivity contribution < 1.29 is 28.6 Å². The molecule has 0 radical (unpaired) electrons. The van der Waals surface area contributed by atoms with E-state index < -0.39 is 6.10 Å². The third-order valence-corrected chi connectivity index (χ3v) is 12.3. The second kappa shape index (κ2) is 54.0. The molecule has 0 aliphatic rings. The first-order chi connectivity index (χ1) is 32.0. The van der Waals surface area contributed by atoms with Gasteiger partial charge in [-0.3, -0.25) is 14.4 Å². The Balaban J connectivity index is 4.37. The van der Waals surface area contributed by atoms with Gasteiger partial charge in [0.25, 0.3) is 0 Å². The lowest BCUT2D eigenvalue weighted by Crippen LogP contribution is -2.30. The fraction of sp³-hybridized carbons (Fsp3) is 0.814. The molecule has 0 N–H and O–H groups in total. The van der Waals surface area contributed by atoms with Crippen molar-refractivity contribution in [2.45, 2.75) is 297 Å². The number of esters is 3. The molecule has 0 heterocycles. The number of unbranched alkanes of at least 4 members (excludes halogenated alkanes) is 33. The van der Waals surface area contributed by atoms with Crippen molar-refractivity contribution in [3.63, 3.8) is 0 Å². The van der Waals surface area contributed by atoms with Gasteiger partial charge in [0.05, 0.1) is 0 Å². The zero-order valence-electron chi connectivity index (χ0n) is 43.3. The van der Waals surface area contributed by atoms with Crippen LogP contribution in [0.1, 0.15) is 290 Å². The molecule has 1 unspecified atom stereocenters. The third-order valence-electron chi connectivity index (χ3n) is 12.3. The lowest BCUT2D eigenvalue weighted by molar-refractivity contribution is -0.167. The Kier molecular flexibility index (Phi) is 51.8. The number of ether oxygens (including phenoxy) is 3. The summed E-state index contributed by atoms with van der Waals surface area (Å²) in [4.78, 5) is 38.1. The average molecular weight is 911 g/mol. The van der Waals surface area contributed by atoms with Crippen molar-refractivity contribution in [3.05, 3.63) is 48.6 Å². The van der Waals surface area contributed by atoms with Crippen LogP contribution in [0, 0.1) is 0 Å². The van der Waals surface area contributed by atoms with E-state index >= 15 is 0 Å². The monoisotopic (exact) mass is 911 g/mol. The molecule has 378 valence electrons. The summed E-state index contributed by atoms with van der Waals surface area (Å²) in [6.45, 7) is 6.60. The fourth-order valence-corrected chi connectivity index (χ4v) is 8.01. The van der Waals surface area contributed by atoms with E-state index in [9.17, 15) is 14.4 Å². The quantitative estimate of drug-likeness (QED) is 0.0199. The molecule has 0 rings (SSSR count). The molecule has 6 heteroatoms. The molecule has 6 nitrogen and oxygen atoms in total. The van der Waals surface area contributed by atoms with Crippen LogP contribution < -0.4 is 0 Å². The summed E-state index contributed by atoms with van der Waals surface area (Å²) >= 11 is 0. The van der Waals surface area contributed by atoms with Crippen molar-refractivity contribution in [1.82, 2.24) is 0 Å². The molecular weight excluding hydrogens is 805 g/mol. The van der Waals surface area contributed by atoms with Crippen LogP contribution in [-0.2, 0) is 28.6 Å². The van der Waals surface area contributed by atoms with Gasteiger partial charge < -0.3 is 14.2 Å². The van der Waals surface area contributed by atoms with Gasteiger partial charge in [-0.15, -0.1) is 0 Å². The summed E-state index contributed by atoms with van der Waals surface area (Å²) in [6.07, 6.45) is 65.3. The first-order valence-electron chi connectivity index (χ1n) is 28.2. The van der Waals surface area contributed by atoms with E-state index in [0.29, 0.717) is 19.3 Å². The smallest absolute Gasteiger partial charge is 0.306 e. The molecule has 1 atom stereocenters. The molecule has 0 aromatic carbocycles. The zero-order valence-corrected chi connectivity index (χ0v) is 43.3. The van der Waals surface area contributed by atoms with Gasteiger partial charge in [0, 0.05) is 19.3 Å². The molecule has 0 aromatic rings. The van der Waals surface area contributed by atoms with E-state index in [-0.39, 0.29) is 31.1 Å². The fourth-order valence-electron chi connectivity index (χ4n) is 8.01. The number of rotatable bonds is 51. The Morgan fingerprint density at radius 2 is 0.554 bits per heavy atom. The summed E-state index contributed by atoms with van der Waals surface area (Å²) in [6, 6.07) is 0. The average Bonchev–Trinajstić information content (AvgIpc) is 3.30. The van der Waals surface area contributed by atoms with Crippen LogP contribution >= 0.6 is 0 Å². The van der Waals surface area contributed by atoms with Crippen LogP contribution in [0.5, 0.6) is 0 Å². The van der Waals surface area contributed by atoms with Crippen LogP contribution in [0.25, 0.3) is 0 Å². The maximum Gasteiger partial charge on any atom is 0.306 e. The molecule has 0 saturated carbocycles. The highest BCUT2D eigenvalue weighted by atomic mass is 16.6. The second-order valence-electron chi connectivity index (χ2n) is 18.9. The van der Waals surface area contributed by atoms with Gasteiger partial charge in [-0.2, -0.15) is 0 Å². The van der Waals surface area contributed by atoms with Crippen molar-refractivity contribution >= 4 is 17.9 Å². The lowest BCUT2D eigenvalue weighted by atomic mass is 10.1. The predicted molar refractivity (Wildman–Crippen MR) is 279 cm³/mol. The Morgan fingerprint density at radius 1 is 0.308 bits per heavy atom. The number of hydrogen-bond acceptors (Lipinski definition) is 6. The highest BCUT2D eigenvalue weighted by Gasteiger charge is 2.19. The van der Waals surface area contributed by atoms with Crippen LogP contribution in [0.3, 0.4) is 0 Å².